The first-order valence-electron chi connectivity index (χ1n) is 6.36. The van der Waals surface area contributed by atoms with Gasteiger partial charge in [-0.25, -0.2) is 4.39 Å². The molecule has 0 saturated carbocycles. The van der Waals surface area contributed by atoms with Gasteiger partial charge in [-0.1, -0.05) is 33.6 Å². The Bertz CT molecular complexity index is 681. The van der Waals surface area contributed by atoms with Crippen molar-refractivity contribution in [2.75, 3.05) is 6.79 Å². The summed E-state index contributed by atoms with van der Waals surface area (Å²) in [4.78, 5) is 0. The van der Waals surface area contributed by atoms with Crippen molar-refractivity contribution < 1.29 is 13.9 Å². The molecule has 3 rings (SSSR count). The quantitative estimate of drug-likeness (QED) is 0.870. The molecule has 0 spiro atoms. The predicted octanol–water partition coefficient (Wildman–Crippen LogP) is 4.26. The number of fused-ring (bicyclic) bond motifs is 1. The Labute approximate surface area is 135 Å². The Balaban J connectivity index is 1.64. The van der Waals surface area contributed by atoms with Gasteiger partial charge in [0.15, 0.2) is 11.5 Å². The molecule has 3 nitrogen and oxygen atoms in total. The lowest BCUT2D eigenvalue weighted by Gasteiger charge is -2.09. The van der Waals surface area contributed by atoms with Crippen molar-refractivity contribution in [1.29, 1.82) is 0 Å². The molecular weight excluding hydrogens is 361 g/mol. The van der Waals surface area contributed by atoms with Crippen molar-refractivity contribution in [1.82, 2.24) is 5.32 Å². The van der Waals surface area contributed by atoms with E-state index in [2.05, 4.69) is 21.2 Å². The lowest BCUT2D eigenvalue weighted by molar-refractivity contribution is 0.174. The van der Waals surface area contributed by atoms with Gasteiger partial charge in [-0.2, -0.15) is 0 Å². The Morgan fingerprint density at radius 2 is 1.90 bits per heavy atom. The zero-order valence-corrected chi connectivity index (χ0v) is 13.3. The molecule has 0 atom stereocenters. The van der Waals surface area contributed by atoms with Crippen molar-refractivity contribution in [3.05, 3.63) is 56.8 Å². The number of ether oxygens (including phenoxy) is 2. The average molecular weight is 373 g/mol. The van der Waals surface area contributed by atoms with Crippen LogP contribution in [0.3, 0.4) is 0 Å². The SMILES string of the molecule is Fc1ccc(CNCc2cc3c(cc2Br)OCO3)cc1Cl. The lowest BCUT2D eigenvalue weighted by Crippen LogP contribution is -2.13. The molecule has 0 radical (unpaired) electrons. The highest BCUT2D eigenvalue weighted by Crippen LogP contribution is 2.36. The molecule has 0 unspecified atom stereocenters. The molecule has 21 heavy (non-hydrogen) atoms. The second kappa shape index (κ2) is 6.22. The van der Waals surface area contributed by atoms with Crippen LogP contribution < -0.4 is 14.8 Å². The van der Waals surface area contributed by atoms with Gasteiger partial charge in [0, 0.05) is 17.6 Å². The van der Waals surface area contributed by atoms with E-state index in [1.54, 1.807) is 12.1 Å². The average Bonchev–Trinajstić information content (AvgIpc) is 2.90. The van der Waals surface area contributed by atoms with Gasteiger partial charge in [-0.05, 0) is 35.4 Å². The molecule has 110 valence electrons. The van der Waals surface area contributed by atoms with Gasteiger partial charge in [0.1, 0.15) is 5.82 Å². The number of halogens is 3. The summed E-state index contributed by atoms with van der Waals surface area (Å²) in [7, 11) is 0. The summed E-state index contributed by atoms with van der Waals surface area (Å²) in [5, 5.41) is 3.43. The standard InChI is InChI=1S/C15H12BrClFNO2/c16-11-5-15-14(20-8-21-15)4-10(11)7-19-6-9-1-2-13(18)12(17)3-9/h1-5,19H,6-8H2. The van der Waals surface area contributed by atoms with Gasteiger partial charge in [-0.15, -0.1) is 0 Å². The number of hydrogen-bond donors (Lipinski definition) is 1. The molecular formula is C15H12BrClFNO2. The van der Waals surface area contributed by atoms with Crippen LogP contribution in [0, 0.1) is 5.82 Å². The van der Waals surface area contributed by atoms with Crippen molar-refractivity contribution >= 4 is 27.5 Å². The molecule has 1 aliphatic heterocycles. The fourth-order valence-electron chi connectivity index (χ4n) is 2.09. The van der Waals surface area contributed by atoms with Crippen LogP contribution in [-0.2, 0) is 13.1 Å². The fourth-order valence-corrected chi connectivity index (χ4v) is 2.75. The maximum Gasteiger partial charge on any atom is 0.231 e. The van der Waals surface area contributed by atoms with E-state index in [9.17, 15) is 4.39 Å². The number of nitrogens with one attached hydrogen (secondary N) is 1. The summed E-state index contributed by atoms with van der Waals surface area (Å²) < 4.78 is 24.7. The normalized spacial score (nSPS) is 12.7. The molecule has 0 saturated heterocycles. The van der Waals surface area contributed by atoms with Gasteiger partial charge < -0.3 is 14.8 Å². The summed E-state index contributed by atoms with van der Waals surface area (Å²) in [5.41, 5.74) is 1.99. The summed E-state index contributed by atoms with van der Waals surface area (Å²) >= 11 is 9.27. The van der Waals surface area contributed by atoms with Gasteiger partial charge in [-0.3, -0.25) is 0 Å². The highest BCUT2D eigenvalue weighted by molar-refractivity contribution is 9.10. The Hall–Kier alpha value is -1.30. The van der Waals surface area contributed by atoms with Gasteiger partial charge in [0.2, 0.25) is 6.79 Å². The zero-order chi connectivity index (χ0) is 14.8. The van der Waals surface area contributed by atoms with Gasteiger partial charge in [0.05, 0.1) is 5.02 Å². The van der Waals surface area contributed by atoms with Crippen LogP contribution in [0.1, 0.15) is 11.1 Å². The number of rotatable bonds is 4. The van der Waals surface area contributed by atoms with Gasteiger partial charge in [0.25, 0.3) is 0 Å². The number of benzene rings is 2. The van der Waals surface area contributed by atoms with Crippen molar-refractivity contribution in [2.45, 2.75) is 13.1 Å². The second-order valence-corrected chi connectivity index (χ2v) is 5.91. The first kappa shape index (κ1) is 14.6. The minimum absolute atomic E-state index is 0.138. The third-order valence-electron chi connectivity index (χ3n) is 3.17. The molecule has 1 aliphatic rings. The molecule has 2 aromatic rings. The van der Waals surface area contributed by atoms with Crippen LogP contribution in [0.5, 0.6) is 11.5 Å². The highest BCUT2D eigenvalue weighted by atomic mass is 79.9. The van der Waals surface area contributed by atoms with E-state index < -0.39 is 5.82 Å². The molecule has 1 N–H and O–H groups in total. The minimum atomic E-state index is -0.404. The van der Waals surface area contributed by atoms with Crippen LogP contribution in [0.15, 0.2) is 34.8 Å². The largest absolute Gasteiger partial charge is 0.454 e. The van der Waals surface area contributed by atoms with Crippen molar-refractivity contribution in [3.63, 3.8) is 0 Å². The molecule has 2 aromatic carbocycles. The van der Waals surface area contributed by atoms with E-state index in [0.717, 1.165) is 27.1 Å². The first-order valence-corrected chi connectivity index (χ1v) is 7.53. The Morgan fingerprint density at radius 3 is 2.67 bits per heavy atom. The summed E-state index contributed by atoms with van der Waals surface area (Å²) in [6.45, 7) is 1.50. The van der Waals surface area contributed by atoms with E-state index in [1.165, 1.54) is 6.07 Å². The van der Waals surface area contributed by atoms with Crippen LogP contribution in [0.4, 0.5) is 4.39 Å². The summed E-state index contributed by atoms with van der Waals surface area (Å²) in [6.07, 6.45) is 0. The minimum Gasteiger partial charge on any atom is -0.454 e. The first-order chi connectivity index (χ1) is 10.1. The summed E-state index contributed by atoms with van der Waals surface area (Å²) in [5.74, 6) is 1.09. The fraction of sp³-hybridized carbons (Fsp3) is 0.200. The molecule has 0 aromatic heterocycles. The monoisotopic (exact) mass is 371 g/mol. The molecule has 1 heterocycles. The molecule has 0 amide bonds. The van der Waals surface area contributed by atoms with Gasteiger partial charge >= 0.3 is 0 Å². The number of hydrogen-bond acceptors (Lipinski definition) is 3. The third-order valence-corrected chi connectivity index (χ3v) is 4.20. The van der Waals surface area contributed by atoms with Crippen LogP contribution >= 0.6 is 27.5 Å². The van der Waals surface area contributed by atoms with E-state index in [-0.39, 0.29) is 11.8 Å². The van der Waals surface area contributed by atoms with Crippen LogP contribution in [0.2, 0.25) is 5.02 Å². The summed E-state index contributed by atoms with van der Waals surface area (Å²) in [6, 6.07) is 8.54. The highest BCUT2D eigenvalue weighted by Gasteiger charge is 2.16. The maximum absolute atomic E-state index is 13.1. The smallest absolute Gasteiger partial charge is 0.231 e. The lowest BCUT2D eigenvalue weighted by atomic mass is 10.2. The molecule has 0 bridgehead atoms. The van der Waals surface area contributed by atoms with E-state index in [0.29, 0.717) is 13.1 Å². The molecule has 0 aliphatic carbocycles. The Morgan fingerprint density at radius 1 is 1.14 bits per heavy atom. The predicted molar refractivity (Wildman–Crippen MR) is 82.2 cm³/mol. The van der Waals surface area contributed by atoms with Crippen molar-refractivity contribution in [2.24, 2.45) is 0 Å². The van der Waals surface area contributed by atoms with E-state index in [1.807, 2.05) is 12.1 Å². The molecule has 0 fully saturated rings. The topological polar surface area (TPSA) is 30.5 Å². The van der Waals surface area contributed by atoms with Crippen LogP contribution in [0.25, 0.3) is 0 Å². The van der Waals surface area contributed by atoms with E-state index in [4.69, 9.17) is 21.1 Å². The van der Waals surface area contributed by atoms with Crippen molar-refractivity contribution in [3.8, 4) is 11.5 Å². The second-order valence-electron chi connectivity index (χ2n) is 4.65. The molecule has 6 heteroatoms. The third kappa shape index (κ3) is 3.31. The van der Waals surface area contributed by atoms with Crippen LogP contribution in [-0.4, -0.2) is 6.79 Å². The Kier molecular flexibility index (Phi) is 4.33. The maximum atomic E-state index is 13.1. The van der Waals surface area contributed by atoms with E-state index >= 15 is 0 Å². The zero-order valence-electron chi connectivity index (χ0n) is 11.0.